The van der Waals surface area contributed by atoms with Crippen LogP contribution in [0.4, 0.5) is 5.69 Å². The van der Waals surface area contributed by atoms with Crippen LogP contribution in [0.25, 0.3) is 0 Å². The van der Waals surface area contributed by atoms with Crippen molar-refractivity contribution in [3.05, 3.63) is 65.7 Å². The molecule has 6 heteroatoms. The second kappa shape index (κ2) is 10.2. The van der Waals surface area contributed by atoms with E-state index in [1.54, 1.807) is 36.4 Å². The quantitative estimate of drug-likeness (QED) is 0.707. The van der Waals surface area contributed by atoms with Crippen LogP contribution in [-0.4, -0.2) is 55.1 Å². The summed E-state index contributed by atoms with van der Waals surface area (Å²) >= 11 is 0. The Morgan fingerprint density at radius 1 is 0.931 bits per heavy atom. The molecule has 0 saturated carbocycles. The zero-order chi connectivity index (χ0) is 20.6. The Morgan fingerprint density at radius 2 is 1.55 bits per heavy atom. The van der Waals surface area contributed by atoms with Crippen LogP contribution in [0, 0.1) is 0 Å². The third-order valence-electron chi connectivity index (χ3n) is 4.87. The van der Waals surface area contributed by atoms with Crippen molar-refractivity contribution in [2.45, 2.75) is 32.5 Å². The Balaban J connectivity index is 1.41. The Bertz CT molecular complexity index is 798. The summed E-state index contributed by atoms with van der Waals surface area (Å²) < 4.78 is 5.74. The maximum absolute atomic E-state index is 12.3. The van der Waals surface area contributed by atoms with E-state index >= 15 is 0 Å². The Labute approximate surface area is 172 Å². The molecule has 1 saturated heterocycles. The number of ether oxygens (including phenoxy) is 1. The smallest absolute Gasteiger partial charge is 0.255 e. The van der Waals surface area contributed by atoms with Gasteiger partial charge in [0.2, 0.25) is 0 Å². The molecule has 2 unspecified atom stereocenters. The average Bonchev–Trinajstić information content (AvgIpc) is 2.71. The molecule has 2 amide bonds. The second-order valence-electron chi connectivity index (χ2n) is 7.52. The summed E-state index contributed by atoms with van der Waals surface area (Å²) in [6.07, 6.45) is 1.42. The Morgan fingerprint density at radius 3 is 2.21 bits per heavy atom. The molecule has 1 fully saturated rings. The minimum absolute atomic E-state index is 0.102. The molecule has 1 aliphatic rings. The molecule has 0 spiro atoms. The molecule has 0 aromatic heterocycles. The van der Waals surface area contributed by atoms with Crippen LogP contribution in [0.1, 0.15) is 41.0 Å². The van der Waals surface area contributed by atoms with Crippen LogP contribution in [-0.2, 0) is 4.74 Å². The number of carbonyl (C=O) groups is 2. The fourth-order valence-corrected chi connectivity index (χ4v) is 3.57. The highest BCUT2D eigenvalue weighted by atomic mass is 16.5. The number of amides is 2. The summed E-state index contributed by atoms with van der Waals surface area (Å²) in [6, 6.07) is 16.0. The van der Waals surface area contributed by atoms with E-state index in [9.17, 15) is 9.59 Å². The predicted octanol–water partition coefficient (Wildman–Crippen LogP) is 3.17. The SMILES string of the molecule is CC1CN(CCCNC(=O)c2ccc(NC(=O)c3ccccc3)cc2)CC(C)O1. The molecule has 3 rings (SSSR count). The van der Waals surface area contributed by atoms with Gasteiger partial charge in [-0.2, -0.15) is 0 Å². The molecule has 2 N–H and O–H groups in total. The standard InChI is InChI=1S/C23H29N3O3/c1-17-15-26(16-18(2)29-17)14-6-13-24-22(27)20-9-11-21(12-10-20)25-23(28)19-7-4-3-5-8-19/h3-5,7-12,17-18H,6,13-16H2,1-2H3,(H,24,27)(H,25,28). The van der Waals surface area contributed by atoms with Crippen molar-refractivity contribution in [1.29, 1.82) is 0 Å². The van der Waals surface area contributed by atoms with Crippen molar-refractivity contribution in [2.75, 3.05) is 31.5 Å². The monoisotopic (exact) mass is 395 g/mol. The first kappa shape index (κ1) is 21.0. The van der Waals surface area contributed by atoms with Gasteiger partial charge in [-0.1, -0.05) is 18.2 Å². The van der Waals surface area contributed by atoms with Crippen LogP contribution in [0.5, 0.6) is 0 Å². The molecule has 0 radical (unpaired) electrons. The second-order valence-corrected chi connectivity index (χ2v) is 7.52. The average molecular weight is 396 g/mol. The fraction of sp³-hybridized carbons (Fsp3) is 0.391. The molecule has 0 aliphatic carbocycles. The third kappa shape index (κ3) is 6.41. The highest BCUT2D eigenvalue weighted by Crippen LogP contribution is 2.12. The van der Waals surface area contributed by atoms with Crippen molar-refractivity contribution in [3.8, 4) is 0 Å². The molecule has 29 heavy (non-hydrogen) atoms. The molecule has 6 nitrogen and oxygen atoms in total. The van der Waals surface area contributed by atoms with Crippen LogP contribution in [0.3, 0.4) is 0 Å². The zero-order valence-electron chi connectivity index (χ0n) is 17.1. The number of morpholine rings is 1. The molecular formula is C23H29N3O3. The molecule has 0 bridgehead atoms. The van der Waals surface area contributed by atoms with Gasteiger partial charge in [-0.3, -0.25) is 14.5 Å². The van der Waals surface area contributed by atoms with Crippen LogP contribution >= 0.6 is 0 Å². The maximum atomic E-state index is 12.3. The summed E-state index contributed by atoms with van der Waals surface area (Å²) in [7, 11) is 0. The summed E-state index contributed by atoms with van der Waals surface area (Å²) in [4.78, 5) is 26.9. The van der Waals surface area contributed by atoms with Gasteiger partial charge in [-0.25, -0.2) is 0 Å². The van der Waals surface area contributed by atoms with Gasteiger partial charge in [0.25, 0.3) is 11.8 Å². The van der Waals surface area contributed by atoms with Crippen molar-refractivity contribution >= 4 is 17.5 Å². The number of nitrogens with one attached hydrogen (secondary N) is 2. The zero-order valence-corrected chi connectivity index (χ0v) is 17.1. The van der Waals surface area contributed by atoms with E-state index < -0.39 is 0 Å². The Hall–Kier alpha value is -2.70. The lowest BCUT2D eigenvalue weighted by atomic mass is 10.1. The summed E-state index contributed by atoms with van der Waals surface area (Å²) in [5, 5.41) is 5.80. The van der Waals surface area contributed by atoms with Gasteiger partial charge in [0, 0.05) is 43.0 Å². The number of benzene rings is 2. The van der Waals surface area contributed by atoms with E-state index in [4.69, 9.17) is 4.74 Å². The lowest BCUT2D eigenvalue weighted by Gasteiger charge is -2.35. The molecular weight excluding hydrogens is 366 g/mol. The van der Waals surface area contributed by atoms with Crippen molar-refractivity contribution in [3.63, 3.8) is 0 Å². The highest BCUT2D eigenvalue weighted by molar-refractivity contribution is 6.04. The highest BCUT2D eigenvalue weighted by Gasteiger charge is 2.21. The largest absolute Gasteiger partial charge is 0.373 e. The molecule has 2 atom stereocenters. The molecule has 1 aliphatic heterocycles. The molecule has 2 aromatic carbocycles. The number of carbonyl (C=O) groups excluding carboxylic acids is 2. The summed E-state index contributed by atoms with van der Waals surface area (Å²) in [5.74, 6) is -0.274. The minimum atomic E-state index is -0.172. The maximum Gasteiger partial charge on any atom is 0.255 e. The van der Waals surface area contributed by atoms with Crippen molar-refractivity contribution in [2.24, 2.45) is 0 Å². The van der Waals surface area contributed by atoms with Gasteiger partial charge in [-0.15, -0.1) is 0 Å². The minimum Gasteiger partial charge on any atom is -0.373 e. The van der Waals surface area contributed by atoms with E-state index in [0.29, 0.717) is 23.4 Å². The first-order chi connectivity index (χ1) is 14.0. The van der Waals surface area contributed by atoms with Crippen molar-refractivity contribution in [1.82, 2.24) is 10.2 Å². The van der Waals surface area contributed by atoms with Crippen LogP contribution < -0.4 is 10.6 Å². The van der Waals surface area contributed by atoms with E-state index in [1.165, 1.54) is 0 Å². The van der Waals surface area contributed by atoms with E-state index in [2.05, 4.69) is 29.4 Å². The van der Waals surface area contributed by atoms with Gasteiger partial charge in [0.1, 0.15) is 0 Å². The van der Waals surface area contributed by atoms with Gasteiger partial charge in [0.15, 0.2) is 0 Å². The molecule has 2 aromatic rings. The lowest BCUT2D eigenvalue weighted by molar-refractivity contribution is -0.0680. The fourth-order valence-electron chi connectivity index (χ4n) is 3.57. The molecule has 154 valence electrons. The Kier molecular flexibility index (Phi) is 7.38. The van der Waals surface area contributed by atoms with E-state index in [1.807, 2.05) is 18.2 Å². The van der Waals surface area contributed by atoms with E-state index in [0.717, 1.165) is 26.1 Å². The summed E-state index contributed by atoms with van der Waals surface area (Å²) in [5.41, 5.74) is 1.83. The van der Waals surface area contributed by atoms with Gasteiger partial charge in [-0.05, 0) is 56.7 Å². The summed E-state index contributed by atoms with van der Waals surface area (Å²) in [6.45, 7) is 7.64. The van der Waals surface area contributed by atoms with Crippen molar-refractivity contribution < 1.29 is 14.3 Å². The number of nitrogens with zero attached hydrogens (tertiary/aromatic N) is 1. The van der Waals surface area contributed by atoms with Gasteiger partial charge in [0.05, 0.1) is 12.2 Å². The molecule has 1 heterocycles. The number of anilines is 1. The van der Waals surface area contributed by atoms with Crippen LogP contribution in [0.15, 0.2) is 54.6 Å². The van der Waals surface area contributed by atoms with Crippen LogP contribution in [0.2, 0.25) is 0 Å². The predicted molar refractivity (Wildman–Crippen MR) is 114 cm³/mol. The first-order valence-electron chi connectivity index (χ1n) is 10.1. The van der Waals surface area contributed by atoms with E-state index in [-0.39, 0.29) is 24.0 Å². The lowest BCUT2D eigenvalue weighted by Crippen LogP contribution is -2.46. The normalized spacial score (nSPS) is 19.5. The van der Waals surface area contributed by atoms with Gasteiger partial charge >= 0.3 is 0 Å². The van der Waals surface area contributed by atoms with Gasteiger partial charge < -0.3 is 15.4 Å². The number of rotatable bonds is 7. The third-order valence-corrected chi connectivity index (χ3v) is 4.87. The number of hydrogen-bond donors (Lipinski definition) is 2. The first-order valence-corrected chi connectivity index (χ1v) is 10.1. The number of hydrogen-bond acceptors (Lipinski definition) is 4. The topological polar surface area (TPSA) is 70.7 Å².